The average Bonchev–Trinajstić information content (AvgIpc) is 2.71. The summed E-state index contributed by atoms with van der Waals surface area (Å²) in [5.74, 6) is 4.82. The molecule has 3 unspecified atom stereocenters. The number of carbonyl (C=O) groups is 1. The molecule has 0 saturated carbocycles. The average molecular weight is 299 g/mol. The summed E-state index contributed by atoms with van der Waals surface area (Å²) in [5, 5.41) is 0. The van der Waals surface area contributed by atoms with Crippen molar-refractivity contribution >= 4 is 21.8 Å². The van der Waals surface area contributed by atoms with E-state index in [1.54, 1.807) is 0 Å². The van der Waals surface area contributed by atoms with Gasteiger partial charge < -0.3 is 0 Å². The van der Waals surface area contributed by atoms with Crippen LogP contribution in [0.5, 0.6) is 0 Å². The lowest BCUT2D eigenvalue weighted by Crippen LogP contribution is -2.41. The van der Waals surface area contributed by atoms with Crippen LogP contribution in [-0.4, -0.2) is 11.9 Å². The van der Waals surface area contributed by atoms with Crippen LogP contribution in [0.2, 0.25) is 0 Å². The van der Waals surface area contributed by atoms with Crippen LogP contribution < -0.4 is 22.1 Å². The summed E-state index contributed by atoms with van der Waals surface area (Å²) in [6.07, 6.45) is 0. The van der Waals surface area contributed by atoms with Crippen molar-refractivity contribution in [1.29, 1.82) is 0 Å². The first-order valence-corrected chi connectivity index (χ1v) is 6.20. The summed E-state index contributed by atoms with van der Waals surface area (Å²) in [6.45, 7) is 1.95. The molecule has 1 fully saturated rings. The van der Waals surface area contributed by atoms with Crippen LogP contribution >= 0.6 is 15.9 Å². The zero-order chi connectivity index (χ0) is 12.4. The molecule has 5 N–H and O–H groups in total. The fourth-order valence-electron chi connectivity index (χ4n) is 2.16. The van der Waals surface area contributed by atoms with Crippen LogP contribution in [0.3, 0.4) is 0 Å². The van der Waals surface area contributed by atoms with Gasteiger partial charge in [0.1, 0.15) is 0 Å². The molecule has 0 radical (unpaired) electrons. The van der Waals surface area contributed by atoms with Gasteiger partial charge in [-0.2, -0.15) is 0 Å². The van der Waals surface area contributed by atoms with Crippen LogP contribution in [0.15, 0.2) is 28.7 Å². The number of benzene rings is 1. The lowest BCUT2D eigenvalue weighted by atomic mass is 9.90. The van der Waals surface area contributed by atoms with Crippen molar-refractivity contribution in [2.45, 2.75) is 19.0 Å². The molecular formula is C11H15BrN4O. The highest BCUT2D eigenvalue weighted by Crippen LogP contribution is 2.32. The second-order valence-electron chi connectivity index (χ2n) is 4.11. The number of carbonyl (C=O) groups excluding carboxylic acids is 1. The van der Waals surface area contributed by atoms with Gasteiger partial charge in [0, 0.05) is 10.5 Å². The van der Waals surface area contributed by atoms with Gasteiger partial charge in [-0.15, -0.1) is 0 Å². The molecule has 1 saturated heterocycles. The first kappa shape index (κ1) is 12.5. The highest BCUT2D eigenvalue weighted by molar-refractivity contribution is 9.10. The molecule has 0 bridgehead atoms. The van der Waals surface area contributed by atoms with Gasteiger partial charge in [-0.3, -0.25) is 15.6 Å². The van der Waals surface area contributed by atoms with Crippen molar-refractivity contribution in [3.63, 3.8) is 0 Å². The first-order valence-electron chi connectivity index (χ1n) is 5.41. The highest BCUT2D eigenvalue weighted by Gasteiger charge is 2.39. The molecule has 1 amide bonds. The van der Waals surface area contributed by atoms with E-state index in [4.69, 9.17) is 5.84 Å². The van der Waals surface area contributed by atoms with E-state index in [0.29, 0.717) is 0 Å². The molecule has 1 aliphatic heterocycles. The maximum Gasteiger partial charge on any atom is 0.240 e. The summed E-state index contributed by atoms with van der Waals surface area (Å²) in [6, 6.07) is 7.76. The Kier molecular flexibility index (Phi) is 3.78. The van der Waals surface area contributed by atoms with E-state index in [2.05, 4.69) is 32.2 Å². The Morgan fingerprint density at radius 2 is 2.12 bits per heavy atom. The Bertz CT molecular complexity index is 426. The quantitative estimate of drug-likeness (QED) is 0.366. The Hall–Kier alpha value is -0.950. The largest absolute Gasteiger partial charge is 0.294 e. The Morgan fingerprint density at radius 1 is 1.41 bits per heavy atom. The van der Waals surface area contributed by atoms with Crippen LogP contribution in [0, 0.1) is 5.92 Å². The summed E-state index contributed by atoms with van der Waals surface area (Å²) in [7, 11) is 0. The molecule has 0 aromatic heterocycles. The fourth-order valence-corrected chi connectivity index (χ4v) is 2.69. The summed E-state index contributed by atoms with van der Waals surface area (Å²) in [5.41, 5.74) is 9.47. The third-order valence-electron chi connectivity index (χ3n) is 3.05. The molecule has 3 atom stereocenters. The molecule has 92 valence electrons. The lowest BCUT2D eigenvalue weighted by molar-refractivity contribution is -0.125. The fraction of sp³-hybridized carbons (Fsp3) is 0.364. The topological polar surface area (TPSA) is 79.2 Å². The van der Waals surface area contributed by atoms with E-state index < -0.39 is 0 Å². The van der Waals surface area contributed by atoms with E-state index in [9.17, 15) is 4.79 Å². The molecule has 6 heteroatoms. The Morgan fingerprint density at radius 3 is 2.76 bits per heavy atom. The molecule has 0 spiro atoms. The number of rotatable bonds is 2. The third kappa shape index (κ3) is 2.35. The van der Waals surface area contributed by atoms with Crippen molar-refractivity contribution in [1.82, 2.24) is 16.3 Å². The van der Waals surface area contributed by atoms with Gasteiger partial charge in [0.15, 0.2) is 0 Å². The van der Waals surface area contributed by atoms with Gasteiger partial charge in [0.25, 0.3) is 0 Å². The molecule has 1 heterocycles. The second-order valence-corrected chi connectivity index (χ2v) is 4.97. The number of nitrogens with two attached hydrogens (primary N) is 1. The van der Waals surface area contributed by atoms with Gasteiger partial charge in [0.2, 0.25) is 5.91 Å². The maximum atomic E-state index is 11.8. The lowest BCUT2D eigenvalue weighted by Gasteiger charge is -2.20. The predicted octanol–water partition coefficient (Wildman–Crippen LogP) is 0.593. The minimum Gasteiger partial charge on any atom is -0.294 e. The molecule has 1 aromatic carbocycles. The van der Waals surface area contributed by atoms with Crippen LogP contribution in [0.1, 0.15) is 18.5 Å². The molecule has 5 nitrogen and oxygen atoms in total. The van der Waals surface area contributed by atoms with Gasteiger partial charge in [-0.1, -0.05) is 34.1 Å². The number of halogens is 1. The smallest absolute Gasteiger partial charge is 0.240 e. The zero-order valence-electron chi connectivity index (χ0n) is 9.41. The molecule has 17 heavy (non-hydrogen) atoms. The summed E-state index contributed by atoms with van der Waals surface area (Å²) >= 11 is 3.49. The number of hydrogen-bond donors (Lipinski definition) is 4. The third-order valence-corrected chi connectivity index (χ3v) is 3.77. The van der Waals surface area contributed by atoms with Gasteiger partial charge in [0.05, 0.1) is 12.0 Å². The summed E-state index contributed by atoms with van der Waals surface area (Å²) < 4.78 is 0.975. The number of hydrogen-bond acceptors (Lipinski definition) is 4. The number of amides is 1. The predicted molar refractivity (Wildman–Crippen MR) is 68.4 cm³/mol. The van der Waals surface area contributed by atoms with E-state index in [1.807, 2.05) is 31.2 Å². The second kappa shape index (κ2) is 5.14. The van der Waals surface area contributed by atoms with Crippen LogP contribution in [0.25, 0.3) is 0 Å². The van der Waals surface area contributed by atoms with Crippen molar-refractivity contribution in [2.75, 3.05) is 0 Å². The number of nitrogens with one attached hydrogen (secondary N) is 3. The zero-order valence-corrected chi connectivity index (χ0v) is 11.0. The molecule has 1 aromatic rings. The van der Waals surface area contributed by atoms with E-state index in [1.165, 1.54) is 0 Å². The minimum atomic E-state index is -0.237. The highest BCUT2D eigenvalue weighted by atomic mass is 79.9. The molecule has 1 aliphatic rings. The Balaban J connectivity index is 2.32. The van der Waals surface area contributed by atoms with Crippen LogP contribution in [0.4, 0.5) is 0 Å². The number of hydrazine groups is 2. The van der Waals surface area contributed by atoms with Crippen molar-refractivity contribution in [3.05, 3.63) is 34.3 Å². The maximum absolute atomic E-state index is 11.8. The van der Waals surface area contributed by atoms with Crippen molar-refractivity contribution in [3.8, 4) is 0 Å². The van der Waals surface area contributed by atoms with Crippen LogP contribution in [-0.2, 0) is 4.79 Å². The normalized spacial score (nSPS) is 28.1. The van der Waals surface area contributed by atoms with Gasteiger partial charge in [-0.25, -0.2) is 11.3 Å². The van der Waals surface area contributed by atoms with Crippen molar-refractivity contribution < 1.29 is 4.79 Å². The molecular weight excluding hydrogens is 284 g/mol. The SMILES string of the molecule is CC1NNC(c2ccccc2Br)C1C(=O)NN. The minimum absolute atomic E-state index is 0.0238. The molecule has 2 rings (SSSR count). The van der Waals surface area contributed by atoms with Gasteiger partial charge >= 0.3 is 0 Å². The summed E-state index contributed by atoms with van der Waals surface area (Å²) in [4.78, 5) is 11.8. The van der Waals surface area contributed by atoms with E-state index >= 15 is 0 Å². The standard InChI is InChI=1S/C11H15BrN4O/c1-6-9(11(17)14-13)10(16-15-6)7-4-2-3-5-8(7)12/h2-6,9-10,15-16H,13H2,1H3,(H,14,17). The molecule has 0 aliphatic carbocycles. The van der Waals surface area contributed by atoms with Crippen molar-refractivity contribution in [2.24, 2.45) is 11.8 Å². The van der Waals surface area contributed by atoms with Gasteiger partial charge in [-0.05, 0) is 18.6 Å². The van der Waals surface area contributed by atoms with E-state index in [-0.39, 0.29) is 23.9 Å². The monoisotopic (exact) mass is 298 g/mol. The first-order chi connectivity index (χ1) is 8.15. The van der Waals surface area contributed by atoms with E-state index in [0.717, 1.165) is 10.0 Å². The Labute approximate surface area is 108 Å².